The lowest BCUT2D eigenvalue weighted by Gasteiger charge is -2.26. The zero-order chi connectivity index (χ0) is 14.6. The van der Waals surface area contributed by atoms with Crippen LogP contribution in [0.1, 0.15) is 68.7 Å². The highest BCUT2D eigenvalue weighted by Gasteiger charge is 2.25. The first kappa shape index (κ1) is 16.2. The molecule has 0 fully saturated rings. The molecule has 0 aromatic heterocycles. The zero-order valence-electron chi connectivity index (χ0n) is 12.3. The second kappa shape index (κ2) is 7.04. The SMILES string of the molecule is CC(C)c1cccc(C(C)C)c1C(O)C(O)CCO. The van der Waals surface area contributed by atoms with Gasteiger partial charge in [0.1, 0.15) is 6.10 Å². The van der Waals surface area contributed by atoms with E-state index in [0.29, 0.717) is 0 Å². The lowest BCUT2D eigenvalue weighted by Crippen LogP contribution is -2.22. The van der Waals surface area contributed by atoms with Crippen LogP contribution in [0.25, 0.3) is 0 Å². The fraction of sp³-hybridized carbons (Fsp3) is 0.625. The molecule has 108 valence electrons. The summed E-state index contributed by atoms with van der Waals surface area (Å²) in [5.74, 6) is 0.564. The zero-order valence-corrected chi connectivity index (χ0v) is 12.3. The van der Waals surface area contributed by atoms with Crippen molar-refractivity contribution in [2.75, 3.05) is 6.61 Å². The molecule has 0 aliphatic carbocycles. The van der Waals surface area contributed by atoms with E-state index in [1.807, 2.05) is 18.2 Å². The molecule has 0 spiro atoms. The Balaban J connectivity index is 3.28. The Morgan fingerprint density at radius 3 is 1.79 bits per heavy atom. The molecule has 19 heavy (non-hydrogen) atoms. The number of rotatable bonds is 6. The number of aliphatic hydroxyl groups excluding tert-OH is 3. The third-order valence-corrected chi connectivity index (χ3v) is 3.50. The first-order valence-corrected chi connectivity index (χ1v) is 6.99. The summed E-state index contributed by atoms with van der Waals surface area (Å²) < 4.78 is 0. The quantitative estimate of drug-likeness (QED) is 0.742. The molecule has 3 N–H and O–H groups in total. The van der Waals surface area contributed by atoms with E-state index < -0.39 is 12.2 Å². The van der Waals surface area contributed by atoms with Gasteiger partial charge in [0.05, 0.1) is 6.10 Å². The normalized spacial score (nSPS) is 15.0. The van der Waals surface area contributed by atoms with Gasteiger partial charge in [-0.2, -0.15) is 0 Å². The Labute approximate surface area is 115 Å². The first-order chi connectivity index (χ1) is 8.90. The van der Waals surface area contributed by atoms with Gasteiger partial charge in [-0.1, -0.05) is 45.9 Å². The third kappa shape index (κ3) is 3.78. The monoisotopic (exact) mass is 266 g/mol. The Morgan fingerprint density at radius 2 is 1.42 bits per heavy atom. The van der Waals surface area contributed by atoms with Crippen molar-refractivity contribution in [3.63, 3.8) is 0 Å². The topological polar surface area (TPSA) is 60.7 Å². The lowest BCUT2D eigenvalue weighted by atomic mass is 9.84. The van der Waals surface area contributed by atoms with Gasteiger partial charge in [0, 0.05) is 6.61 Å². The summed E-state index contributed by atoms with van der Waals surface area (Å²) in [5.41, 5.74) is 2.96. The summed E-state index contributed by atoms with van der Waals surface area (Å²) >= 11 is 0. The molecule has 2 atom stereocenters. The molecule has 0 aliphatic rings. The predicted molar refractivity (Wildman–Crippen MR) is 77.3 cm³/mol. The van der Waals surface area contributed by atoms with E-state index in [0.717, 1.165) is 16.7 Å². The number of aliphatic hydroxyl groups is 3. The van der Waals surface area contributed by atoms with Crippen LogP contribution in [-0.2, 0) is 0 Å². The van der Waals surface area contributed by atoms with E-state index in [4.69, 9.17) is 5.11 Å². The number of benzene rings is 1. The van der Waals surface area contributed by atoms with Gasteiger partial charge in [-0.15, -0.1) is 0 Å². The molecular formula is C16H26O3. The van der Waals surface area contributed by atoms with Crippen LogP contribution < -0.4 is 0 Å². The maximum atomic E-state index is 10.4. The minimum atomic E-state index is -0.942. The lowest BCUT2D eigenvalue weighted by molar-refractivity contribution is 0.00307. The number of hydrogen-bond donors (Lipinski definition) is 3. The highest BCUT2D eigenvalue weighted by Crippen LogP contribution is 2.34. The molecule has 2 unspecified atom stereocenters. The summed E-state index contributed by atoms with van der Waals surface area (Å²) in [6.45, 7) is 8.18. The van der Waals surface area contributed by atoms with Crippen LogP contribution in [0.2, 0.25) is 0 Å². The van der Waals surface area contributed by atoms with Crippen LogP contribution in [-0.4, -0.2) is 28.0 Å². The van der Waals surface area contributed by atoms with Gasteiger partial charge in [0.2, 0.25) is 0 Å². The molecule has 0 aliphatic heterocycles. The summed E-state index contributed by atoms with van der Waals surface area (Å²) in [5, 5.41) is 29.3. The standard InChI is InChI=1S/C16H26O3/c1-10(2)12-6-5-7-13(11(3)4)15(12)16(19)14(18)8-9-17/h5-7,10-11,14,16-19H,8-9H2,1-4H3. The summed E-state index contributed by atoms with van der Waals surface area (Å²) in [7, 11) is 0. The molecule has 3 nitrogen and oxygen atoms in total. The molecule has 0 heterocycles. The summed E-state index contributed by atoms with van der Waals surface area (Å²) in [4.78, 5) is 0. The summed E-state index contributed by atoms with van der Waals surface area (Å²) in [6, 6.07) is 6.00. The highest BCUT2D eigenvalue weighted by atomic mass is 16.3. The van der Waals surface area contributed by atoms with Crippen molar-refractivity contribution in [3.05, 3.63) is 34.9 Å². The van der Waals surface area contributed by atoms with Crippen molar-refractivity contribution >= 4 is 0 Å². The molecule has 0 radical (unpaired) electrons. The molecule has 1 aromatic rings. The van der Waals surface area contributed by atoms with Gasteiger partial charge in [0.15, 0.2) is 0 Å². The maximum absolute atomic E-state index is 10.4. The van der Waals surface area contributed by atoms with E-state index in [9.17, 15) is 10.2 Å². The Kier molecular flexibility index (Phi) is 5.98. The van der Waals surface area contributed by atoms with Crippen LogP contribution in [0, 0.1) is 0 Å². The first-order valence-electron chi connectivity index (χ1n) is 6.99. The van der Waals surface area contributed by atoms with Crippen LogP contribution in [0.5, 0.6) is 0 Å². The fourth-order valence-electron chi connectivity index (χ4n) is 2.43. The molecular weight excluding hydrogens is 240 g/mol. The molecule has 3 heteroatoms. The molecule has 0 bridgehead atoms. The molecule has 1 aromatic carbocycles. The average molecular weight is 266 g/mol. The minimum absolute atomic E-state index is 0.126. The molecule has 1 rings (SSSR count). The van der Waals surface area contributed by atoms with Crippen molar-refractivity contribution < 1.29 is 15.3 Å². The van der Waals surface area contributed by atoms with E-state index in [-0.39, 0.29) is 24.9 Å². The van der Waals surface area contributed by atoms with Gasteiger partial charge < -0.3 is 15.3 Å². The number of hydrogen-bond acceptors (Lipinski definition) is 3. The highest BCUT2D eigenvalue weighted by molar-refractivity contribution is 5.41. The minimum Gasteiger partial charge on any atom is -0.396 e. The van der Waals surface area contributed by atoms with Gasteiger partial charge in [-0.25, -0.2) is 0 Å². The van der Waals surface area contributed by atoms with Crippen molar-refractivity contribution in [2.24, 2.45) is 0 Å². The van der Waals surface area contributed by atoms with Crippen molar-refractivity contribution in [2.45, 2.75) is 58.2 Å². The Morgan fingerprint density at radius 1 is 0.947 bits per heavy atom. The predicted octanol–water partition coefficient (Wildman–Crippen LogP) is 2.71. The van der Waals surface area contributed by atoms with Crippen molar-refractivity contribution in [1.29, 1.82) is 0 Å². The van der Waals surface area contributed by atoms with Crippen LogP contribution in [0.15, 0.2) is 18.2 Å². The Bertz CT molecular complexity index is 373. The van der Waals surface area contributed by atoms with Crippen molar-refractivity contribution in [1.82, 2.24) is 0 Å². The van der Waals surface area contributed by atoms with Crippen LogP contribution in [0.4, 0.5) is 0 Å². The van der Waals surface area contributed by atoms with E-state index in [1.54, 1.807) is 0 Å². The molecule has 0 saturated heterocycles. The van der Waals surface area contributed by atoms with Crippen LogP contribution >= 0.6 is 0 Å². The third-order valence-electron chi connectivity index (χ3n) is 3.50. The largest absolute Gasteiger partial charge is 0.396 e. The summed E-state index contributed by atoms with van der Waals surface area (Å²) in [6.07, 6.45) is -1.68. The average Bonchev–Trinajstić information content (AvgIpc) is 2.36. The second-order valence-corrected chi connectivity index (χ2v) is 5.68. The van der Waals surface area contributed by atoms with Gasteiger partial charge in [-0.05, 0) is 34.9 Å². The van der Waals surface area contributed by atoms with Gasteiger partial charge >= 0.3 is 0 Å². The fourth-order valence-corrected chi connectivity index (χ4v) is 2.43. The van der Waals surface area contributed by atoms with E-state index in [2.05, 4.69) is 27.7 Å². The van der Waals surface area contributed by atoms with Gasteiger partial charge in [0.25, 0.3) is 0 Å². The molecule has 0 saturated carbocycles. The smallest absolute Gasteiger partial charge is 0.105 e. The van der Waals surface area contributed by atoms with Crippen molar-refractivity contribution in [3.8, 4) is 0 Å². The van der Waals surface area contributed by atoms with E-state index in [1.165, 1.54) is 0 Å². The van der Waals surface area contributed by atoms with Gasteiger partial charge in [-0.3, -0.25) is 0 Å². The van der Waals surface area contributed by atoms with E-state index >= 15 is 0 Å². The van der Waals surface area contributed by atoms with Crippen LogP contribution in [0.3, 0.4) is 0 Å². The Hall–Kier alpha value is -0.900. The molecule has 0 amide bonds. The second-order valence-electron chi connectivity index (χ2n) is 5.68. The maximum Gasteiger partial charge on any atom is 0.105 e.